The molecule has 28 heavy (non-hydrogen) atoms. The number of rotatable bonds is 8. The number of carbonyl (C=O) groups is 1. The van der Waals surface area contributed by atoms with E-state index in [0.29, 0.717) is 12.1 Å². The van der Waals surface area contributed by atoms with Gasteiger partial charge < -0.3 is 15.4 Å². The predicted octanol–water partition coefficient (Wildman–Crippen LogP) is 3.98. The molecule has 0 fully saturated rings. The molecule has 0 aliphatic rings. The Kier molecular flexibility index (Phi) is 6.63. The van der Waals surface area contributed by atoms with E-state index in [2.05, 4.69) is 15.6 Å². The summed E-state index contributed by atoms with van der Waals surface area (Å²) in [4.78, 5) is 16.6. The van der Waals surface area contributed by atoms with Crippen LogP contribution in [0.15, 0.2) is 67.0 Å². The zero-order valence-corrected chi connectivity index (χ0v) is 16.2. The van der Waals surface area contributed by atoms with Crippen LogP contribution in [0.2, 0.25) is 0 Å². The molecule has 2 aromatic carbocycles. The lowest BCUT2D eigenvalue weighted by molar-refractivity contribution is 0.0950. The number of nitrogens with one attached hydrogen (secondary N) is 2. The van der Waals surface area contributed by atoms with Gasteiger partial charge >= 0.3 is 0 Å². The molecule has 1 aromatic heterocycles. The molecule has 0 aliphatic heterocycles. The van der Waals surface area contributed by atoms with Crippen molar-refractivity contribution in [2.24, 2.45) is 0 Å². The van der Waals surface area contributed by atoms with Crippen molar-refractivity contribution in [3.8, 4) is 5.75 Å². The molecule has 0 atom stereocenters. The molecule has 5 heteroatoms. The summed E-state index contributed by atoms with van der Waals surface area (Å²) in [6.45, 7) is 3.29. The zero-order valence-electron chi connectivity index (χ0n) is 16.2. The van der Waals surface area contributed by atoms with Crippen LogP contribution in [0.5, 0.6) is 5.75 Å². The molecule has 0 unspecified atom stereocenters. The van der Waals surface area contributed by atoms with Crippen molar-refractivity contribution >= 4 is 11.6 Å². The van der Waals surface area contributed by atoms with Crippen molar-refractivity contribution in [2.45, 2.75) is 19.9 Å². The molecule has 0 saturated carbocycles. The minimum Gasteiger partial charge on any atom is -0.497 e. The highest BCUT2D eigenvalue weighted by Gasteiger charge is 2.07. The average molecular weight is 375 g/mol. The first-order valence-corrected chi connectivity index (χ1v) is 9.29. The number of carbonyl (C=O) groups excluding carboxylic acids is 1. The summed E-state index contributed by atoms with van der Waals surface area (Å²) in [6, 6.07) is 17.9. The lowest BCUT2D eigenvalue weighted by Crippen LogP contribution is -2.23. The van der Waals surface area contributed by atoms with E-state index in [9.17, 15) is 4.79 Å². The maximum absolute atomic E-state index is 12.4. The first-order chi connectivity index (χ1) is 13.6. The van der Waals surface area contributed by atoms with Gasteiger partial charge in [0.1, 0.15) is 5.75 Å². The van der Waals surface area contributed by atoms with Crippen molar-refractivity contribution in [1.82, 2.24) is 10.3 Å². The van der Waals surface area contributed by atoms with Gasteiger partial charge in [0.15, 0.2) is 0 Å². The summed E-state index contributed by atoms with van der Waals surface area (Å²) in [5.41, 5.74) is 4.86. The van der Waals surface area contributed by atoms with E-state index in [4.69, 9.17) is 4.74 Å². The summed E-state index contributed by atoms with van der Waals surface area (Å²) < 4.78 is 5.17. The van der Waals surface area contributed by atoms with Crippen molar-refractivity contribution in [3.63, 3.8) is 0 Å². The zero-order chi connectivity index (χ0) is 19.8. The van der Waals surface area contributed by atoms with Crippen LogP contribution in [-0.2, 0) is 13.0 Å². The van der Waals surface area contributed by atoms with Gasteiger partial charge in [-0.2, -0.15) is 0 Å². The highest BCUT2D eigenvalue weighted by atomic mass is 16.5. The van der Waals surface area contributed by atoms with Crippen LogP contribution in [0.25, 0.3) is 0 Å². The smallest absolute Gasteiger partial charge is 0.253 e. The van der Waals surface area contributed by atoms with Crippen molar-refractivity contribution in [1.29, 1.82) is 0 Å². The Morgan fingerprint density at radius 3 is 2.43 bits per heavy atom. The topological polar surface area (TPSA) is 63.2 Å². The van der Waals surface area contributed by atoms with E-state index in [0.717, 1.165) is 30.0 Å². The fourth-order valence-electron chi connectivity index (χ4n) is 2.79. The SMILES string of the molecule is COc1ccc(CCNc2cncc(C(=O)NCc3ccc(C)cc3)c2)cc1. The second kappa shape index (κ2) is 9.55. The summed E-state index contributed by atoms with van der Waals surface area (Å²) in [7, 11) is 1.66. The number of pyridine rings is 1. The molecule has 0 bridgehead atoms. The number of aryl methyl sites for hydroxylation is 1. The third-order valence-electron chi connectivity index (χ3n) is 4.48. The minimum absolute atomic E-state index is 0.133. The van der Waals surface area contributed by atoms with Crippen LogP contribution < -0.4 is 15.4 Å². The van der Waals surface area contributed by atoms with Gasteiger partial charge in [-0.15, -0.1) is 0 Å². The molecular formula is C23H25N3O2. The first-order valence-electron chi connectivity index (χ1n) is 9.29. The molecule has 0 aliphatic carbocycles. The quantitative estimate of drug-likeness (QED) is 0.625. The molecule has 3 aromatic rings. The Balaban J connectivity index is 1.50. The van der Waals surface area contributed by atoms with Gasteiger partial charge in [0.2, 0.25) is 0 Å². The van der Waals surface area contributed by atoms with E-state index < -0.39 is 0 Å². The fraction of sp³-hybridized carbons (Fsp3) is 0.217. The van der Waals surface area contributed by atoms with Crippen molar-refractivity contribution in [2.75, 3.05) is 19.0 Å². The maximum atomic E-state index is 12.4. The number of nitrogens with zero attached hydrogens (tertiary/aromatic N) is 1. The van der Waals surface area contributed by atoms with E-state index in [1.54, 1.807) is 19.5 Å². The standard InChI is InChI=1S/C23H25N3O2/c1-17-3-5-19(6-4-17)14-26-23(27)20-13-21(16-24-15-20)25-12-11-18-7-9-22(28-2)10-8-18/h3-10,13,15-16,25H,11-12,14H2,1-2H3,(H,26,27). The van der Waals surface area contributed by atoms with Crippen LogP contribution in [0.1, 0.15) is 27.0 Å². The summed E-state index contributed by atoms with van der Waals surface area (Å²) >= 11 is 0. The Hall–Kier alpha value is -3.34. The number of benzene rings is 2. The second-order valence-electron chi connectivity index (χ2n) is 6.66. The highest BCUT2D eigenvalue weighted by Crippen LogP contribution is 2.13. The maximum Gasteiger partial charge on any atom is 0.253 e. The van der Waals surface area contributed by atoms with Crippen LogP contribution in [-0.4, -0.2) is 24.5 Å². The first kappa shape index (κ1) is 19.4. The monoisotopic (exact) mass is 375 g/mol. The van der Waals surface area contributed by atoms with Gasteiger partial charge in [-0.05, 0) is 42.7 Å². The van der Waals surface area contributed by atoms with Gasteiger partial charge in [0.05, 0.1) is 18.4 Å². The van der Waals surface area contributed by atoms with E-state index in [1.165, 1.54) is 11.1 Å². The summed E-state index contributed by atoms with van der Waals surface area (Å²) in [5, 5.41) is 6.26. The van der Waals surface area contributed by atoms with E-state index >= 15 is 0 Å². The molecule has 144 valence electrons. The number of hydrogen-bond donors (Lipinski definition) is 2. The van der Waals surface area contributed by atoms with Gasteiger partial charge in [-0.25, -0.2) is 0 Å². The third-order valence-corrected chi connectivity index (χ3v) is 4.48. The Morgan fingerprint density at radius 2 is 1.71 bits per heavy atom. The van der Waals surface area contributed by atoms with Crippen LogP contribution in [0, 0.1) is 6.92 Å². The number of methoxy groups -OCH3 is 1. The summed E-state index contributed by atoms with van der Waals surface area (Å²) in [5.74, 6) is 0.720. The molecule has 1 amide bonds. The molecule has 1 heterocycles. The Morgan fingerprint density at radius 1 is 1.00 bits per heavy atom. The number of hydrogen-bond acceptors (Lipinski definition) is 4. The number of anilines is 1. The van der Waals surface area contributed by atoms with Gasteiger partial charge in [-0.1, -0.05) is 42.0 Å². The van der Waals surface area contributed by atoms with Crippen molar-refractivity contribution in [3.05, 3.63) is 89.2 Å². The van der Waals surface area contributed by atoms with Gasteiger partial charge in [0, 0.05) is 25.5 Å². The second-order valence-corrected chi connectivity index (χ2v) is 6.66. The lowest BCUT2D eigenvalue weighted by Gasteiger charge is -2.09. The third kappa shape index (κ3) is 5.58. The minimum atomic E-state index is -0.133. The fourth-order valence-corrected chi connectivity index (χ4v) is 2.79. The molecule has 0 saturated heterocycles. The average Bonchev–Trinajstić information content (AvgIpc) is 2.74. The molecule has 0 spiro atoms. The Bertz CT molecular complexity index is 906. The van der Waals surface area contributed by atoms with Crippen molar-refractivity contribution < 1.29 is 9.53 Å². The number of ether oxygens (including phenoxy) is 1. The van der Waals surface area contributed by atoms with Crippen LogP contribution in [0.3, 0.4) is 0 Å². The lowest BCUT2D eigenvalue weighted by atomic mass is 10.1. The molecule has 3 rings (SSSR count). The molecular weight excluding hydrogens is 350 g/mol. The normalized spacial score (nSPS) is 10.4. The Labute approximate surface area is 165 Å². The van der Waals surface area contributed by atoms with Gasteiger partial charge in [-0.3, -0.25) is 9.78 Å². The van der Waals surface area contributed by atoms with E-state index in [-0.39, 0.29) is 5.91 Å². The molecule has 5 nitrogen and oxygen atoms in total. The number of amides is 1. The number of aromatic nitrogens is 1. The molecule has 0 radical (unpaired) electrons. The highest BCUT2D eigenvalue weighted by molar-refractivity contribution is 5.94. The van der Waals surface area contributed by atoms with E-state index in [1.807, 2.05) is 61.5 Å². The van der Waals surface area contributed by atoms with Crippen LogP contribution >= 0.6 is 0 Å². The van der Waals surface area contributed by atoms with Crippen LogP contribution in [0.4, 0.5) is 5.69 Å². The molecule has 2 N–H and O–H groups in total. The largest absolute Gasteiger partial charge is 0.497 e. The predicted molar refractivity (Wildman–Crippen MR) is 112 cm³/mol. The summed E-state index contributed by atoms with van der Waals surface area (Å²) in [6.07, 6.45) is 4.18. The van der Waals surface area contributed by atoms with Gasteiger partial charge in [0.25, 0.3) is 5.91 Å².